The van der Waals surface area contributed by atoms with Gasteiger partial charge in [-0.25, -0.2) is 23.1 Å². The van der Waals surface area contributed by atoms with Crippen LogP contribution in [0.5, 0.6) is 0 Å². The molecule has 0 saturated heterocycles. The largest absolute Gasteiger partial charge is 0.369 e. The normalized spacial score (nSPS) is 12.0. The van der Waals surface area contributed by atoms with E-state index in [-0.39, 0.29) is 11.5 Å². The quantitative estimate of drug-likeness (QED) is 0.831. The maximum atomic E-state index is 11.6. The third-order valence-electron chi connectivity index (χ3n) is 3.20. The third kappa shape index (κ3) is 3.69. The van der Waals surface area contributed by atoms with Crippen molar-refractivity contribution in [3.8, 4) is 0 Å². The molecule has 7 nitrogen and oxygen atoms in total. The third-order valence-corrected chi connectivity index (χ3v) is 4.89. The van der Waals surface area contributed by atoms with Gasteiger partial charge in [0.1, 0.15) is 11.6 Å². The molecule has 0 radical (unpaired) electrons. The fourth-order valence-electron chi connectivity index (χ4n) is 1.98. The smallest absolute Gasteiger partial charge is 0.163 e. The van der Waals surface area contributed by atoms with Crippen molar-refractivity contribution < 1.29 is 8.42 Å². The molecule has 21 heavy (non-hydrogen) atoms. The monoisotopic (exact) mass is 311 g/mol. The molecule has 0 amide bonds. The van der Waals surface area contributed by atoms with Gasteiger partial charge in [-0.15, -0.1) is 0 Å². The number of sulfone groups is 1. The average Bonchev–Trinajstić information content (AvgIpc) is 2.85. The Morgan fingerprint density at radius 2 is 2.05 bits per heavy atom. The van der Waals surface area contributed by atoms with Gasteiger partial charge in [0.05, 0.1) is 23.9 Å². The van der Waals surface area contributed by atoms with Crippen LogP contribution in [0.25, 0.3) is 11.0 Å². The summed E-state index contributed by atoms with van der Waals surface area (Å²) in [7, 11) is -3.02. The van der Waals surface area contributed by atoms with Crippen LogP contribution in [0.2, 0.25) is 0 Å². The maximum absolute atomic E-state index is 11.6. The zero-order chi connectivity index (χ0) is 15.5. The first kappa shape index (κ1) is 15.7. The Hall–Kier alpha value is -1.70. The van der Waals surface area contributed by atoms with E-state index in [2.05, 4.69) is 27.3 Å². The van der Waals surface area contributed by atoms with E-state index in [1.807, 2.05) is 6.92 Å². The summed E-state index contributed by atoms with van der Waals surface area (Å²) in [5, 5.41) is 8.33. The number of nitrogens with zero attached hydrogens (tertiary/aromatic N) is 4. The highest BCUT2D eigenvalue weighted by Gasteiger charge is 2.13. The lowest BCUT2D eigenvalue weighted by Gasteiger charge is -2.07. The molecular weight excluding hydrogens is 290 g/mol. The number of anilines is 1. The van der Waals surface area contributed by atoms with Crippen molar-refractivity contribution in [2.75, 3.05) is 23.4 Å². The second kappa shape index (κ2) is 6.38. The van der Waals surface area contributed by atoms with Gasteiger partial charge in [-0.3, -0.25) is 0 Å². The van der Waals surface area contributed by atoms with Crippen molar-refractivity contribution in [2.45, 2.75) is 33.7 Å². The summed E-state index contributed by atoms with van der Waals surface area (Å²) in [6.45, 7) is 6.67. The fraction of sp³-hybridized carbons (Fsp3) is 0.615. The molecule has 2 rings (SSSR count). The summed E-state index contributed by atoms with van der Waals surface area (Å²) in [4.78, 5) is 8.77. The van der Waals surface area contributed by atoms with Crippen LogP contribution in [0.15, 0.2) is 6.20 Å². The lowest BCUT2D eigenvalue weighted by atomic mass is 10.3. The van der Waals surface area contributed by atoms with Crippen LogP contribution in [0.1, 0.15) is 26.1 Å². The molecule has 0 atom stereocenters. The van der Waals surface area contributed by atoms with Gasteiger partial charge >= 0.3 is 0 Å². The van der Waals surface area contributed by atoms with Crippen molar-refractivity contribution in [3.63, 3.8) is 0 Å². The molecular formula is C13H21N5O2S. The van der Waals surface area contributed by atoms with Crippen LogP contribution in [0, 0.1) is 6.92 Å². The van der Waals surface area contributed by atoms with Gasteiger partial charge in [0.2, 0.25) is 0 Å². The molecule has 0 bridgehead atoms. The highest BCUT2D eigenvalue weighted by atomic mass is 32.2. The van der Waals surface area contributed by atoms with Gasteiger partial charge in [-0.1, -0.05) is 13.8 Å². The summed E-state index contributed by atoms with van der Waals surface area (Å²) >= 11 is 0. The Labute approximate surface area is 124 Å². The lowest BCUT2D eigenvalue weighted by molar-refractivity contribution is 0.584. The van der Waals surface area contributed by atoms with Crippen molar-refractivity contribution in [2.24, 2.45) is 0 Å². The zero-order valence-corrected chi connectivity index (χ0v) is 13.4. The Morgan fingerprint density at radius 1 is 1.29 bits per heavy atom. The maximum Gasteiger partial charge on any atom is 0.163 e. The molecule has 0 unspecified atom stereocenters. The Balaban J connectivity index is 2.32. The topological polar surface area (TPSA) is 89.8 Å². The molecule has 2 aromatic heterocycles. The summed E-state index contributed by atoms with van der Waals surface area (Å²) in [5.41, 5.74) is 0.674. The average molecular weight is 311 g/mol. The van der Waals surface area contributed by atoms with Gasteiger partial charge in [0.25, 0.3) is 0 Å². The molecule has 0 aliphatic rings. The minimum Gasteiger partial charge on any atom is -0.369 e. The van der Waals surface area contributed by atoms with Gasteiger partial charge in [-0.2, -0.15) is 5.10 Å². The molecule has 0 spiro atoms. The first-order chi connectivity index (χ1) is 9.96. The second-order valence-corrected chi connectivity index (χ2v) is 7.36. The van der Waals surface area contributed by atoms with Crippen LogP contribution in [0.3, 0.4) is 0 Å². The first-order valence-electron chi connectivity index (χ1n) is 7.11. The number of aryl methyl sites for hydroxylation is 2. The van der Waals surface area contributed by atoms with Gasteiger partial charge in [0, 0.05) is 12.3 Å². The highest BCUT2D eigenvalue weighted by Crippen LogP contribution is 2.20. The number of fused-ring (bicyclic) bond motifs is 1. The van der Waals surface area contributed by atoms with Gasteiger partial charge in [-0.05, 0) is 13.3 Å². The fourth-order valence-corrected chi connectivity index (χ4v) is 2.72. The molecule has 0 saturated carbocycles. The van der Waals surface area contributed by atoms with Crippen molar-refractivity contribution >= 4 is 26.7 Å². The summed E-state index contributed by atoms with van der Waals surface area (Å²) in [5.74, 6) is 1.61. The van der Waals surface area contributed by atoms with E-state index in [1.165, 1.54) is 0 Å². The van der Waals surface area contributed by atoms with E-state index in [0.717, 1.165) is 24.2 Å². The van der Waals surface area contributed by atoms with Crippen LogP contribution in [-0.2, 0) is 16.4 Å². The van der Waals surface area contributed by atoms with Crippen LogP contribution in [-0.4, -0.2) is 46.2 Å². The molecule has 0 aliphatic heterocycles. The summed E-state index contributed by atoms with van der Waals surface area (Å²) in [6.07, 6.45) is 2.68. The van der Waals surface area contributed by atoms with E-state index in [9.17, 15) is 8.42 Å². The Morgan fingerprint density at radius 3 is 2.71 bits per heavy atom. The minimum absolute atomic E-state index is 0.0705. The predicted octanol–water partition coefficient (Wildman–Crippen LogP) is 1.39. The van der Waals surface area contributed by atoms with Crippen LogP contribution < -0.4 is 5.32 Å². The van der Waals surface area contributed by atoms with Crippen LogP contribution >= 0.6 is 0 Å². The summed E-state index contributed by atoms with van der Waals surface area (Å²) in [6, 6.07) is 0. The first-order valence-corrected chi connectivity index (χ1v) is 8.93. The standard InChI is InChI=1S/C13H21N5O2S/c1-4-6-14-12-11-9-15-18(7-8-21(19,20)5-2)13(11)17-10(3)16-12/h9H,4-8H2,1-3H3,(H,14,16,17). The number of aromatic nitrogens is 4. The molecule has 8 heteroatoms. The SMILES string of the molecule is CCCNc1nc(C)nc2c1cnn2CCS(=O)(=O)CC. The van der Waals surface area contributed by atoms with Gasteiger partial charge in [0.15, 0.2) is 15.5 Å². The van der Waals surface area contributed by atoms with E-state index in [0.29, 0.717) is 18.0 Å². The molecule has 2 aromatic rings. The van der Waals surface area contributed by atoms with Gasteiger partial charge < -0.3 is 5.32 Å². The van der Waals surface area contributed by atoms with Crippen LogP contribution in [0.4, 0.5) is 5.82 Å². The predicted molar refractivity (Wildman–Crippen MR) is 83.2 cm³/mol. The lowest BCUT2D eigenvalue weighted by Crippen LogP contribution is -2.15. The van der Waals surface area contributed by atoms with E-state index >= 15 is 0 Å². The number of rotatable bonds is 7. The van der Waals surface area contributed by atoms with E-state index in [1.54, 1.807) is 17.8 Å². The molecule has 116 valence electrons. The minimum atomic E-state index is -3.02. The number of nitrogens with one attached hydrogen (secondary N) is 1. The number of hydrogen-bond donors (Lipinski definition) is 1. The molecule has 1 N–H and O–H groups in total. The Bertz CT molecular complexity index is 723. The van der Waals surface area contributed by atoms with E-state index in [4.69, 9.17) is 0 Å². The zero-order valence-electron chi connectivity index (χ0n) is 12.6. The Kier molecular flexibility index (Phi) is 4.76. The summed E-state index contributed by atoms with van der Waals surface area (Å²) < 4.78 is 24.9. The highest BCUT2D eigenvalue weighted by molar-refractivity contribution is 7.91. The van der Waals surface area contributed by atoms with Crippen molar-refractivity contribution in [1.29, 1.82) is 0 Å². The molecule has 0 aliphatic carbocycles. The van der Waals surface area contributed by atoms with E-state index < -0.39 is 9.84 Å². The molecule has 0 aromatic carbocycles. The second-order valence-electron chi connectivity index (χ2n) is 4.89. The number of hydrogen-bond acceptors (Lipinski definition) is 6. The van der Waals surface area contributed by atoms with Crippen molar-refractivity contribution in [3.05, 3.63) is 12.0 Å². The van der Waals surface area contributed by atoms with Crippen molar-refractivity contribution in [1.82, 2.24) is 19.7 Å². The molecule has 2 heterocycles. The molecule has 0 fully saturated rings.